The smallest absolute Gasteiger partial charge is 0.460 e. The first kappa shape index (κ1) is 36.3. The van der Waals surface area contributed by atoms with E-state index < -0.39 is 88.1 Å². The molecular formula is C23H17F13N2O6. The summed E-state index contributed by atoms with van der Waals surface area (Å²) in [4.78, 5) is 39.5. The molecule has 0 spiro atoms. The fourth-order valence-electron chi connectivity index (χ4n) is 4.05. The number of allylic oxidation sites excluding steroid dienone is 1. The average Bonchev–Trinajstić information content (AvgIpc) is 2.89. The van der Waals surface area contributed by atoms with Crippen molar-refractivity contribution in [1.82, 2.24) is 0 Å². The SMILES string of the molecule is COC(=O)C1C(C)=NC(C)=C(C(=O)OCC(F)(F)C(F)(F)C(F)(F)C(F)(F)C(F)(F)C(F)(F)F)C1c1cccc([N+](=O)[O-])c1. The Kier molecular flexibility index (Phi) is 9.50. The Morgan fingerprint density at radius 3 is 1.89 bits per heavy atom. The van der Waals surface area contributed by atoms with E-state index in [2.05, 4.69) is 14.5 Å². The van der Waals surface area contributed by atoms with Crippen LogP contribution in [0.15, 0.2) is 40.5 Å². The van der Waals surface area contributed by atoms with Crippen molar-refractivity contribution in [3.05, 3.63) is 51.2 Å². The van der Waals surface area contributed by atoms with Gasteiger partial charge < -0.3 is 9.47 Å². The highest BCUT2D eigenvalue weighted by molar-refractivity contribution is 6.07. The Hall–Kier alpha value is -3.94. The molecule has 1 heterocycles. The lowest BCUT2D eigenvalue weighted by molar-refractivity contribution is -0.441. The van der Waals surface area contributed by atoms with E-state index in [1.165, 1.54) is 6.92 Å². The summed E-state index contributed by atoms with van der Waals surface area (Å²) in [7, 11) is 0.837. The second-order valence-electron chi connectivity index (χ2n) is 9.16. The molecule has 2 rings (SSSR count). The number of non-ortho nitro benzene ring substituents is 1. The third-order valence-corrected chi connectivity index (χ3v) is 6.33. The van der Waals surface area contributed by atoms with Crippen LogP contribution in [-0.4, -0.2) is 72.1 Å². The van der Waals surface area contributed by atoms with Crippen LogP contribution in [0.3, 0.4) is 0 Å². The third-order valence-electron chi connectivity index (χ3n) is 6.33. The standard InChI is InChI=1S/C23H17F13N2O6/c1-9-13(16(39)43-3)15(11-5-4-6-12(7-11)38(41)42)14(10(2)37-9)17(40)44-8-18(24,25)19(26,27)20(28,29)21(30,31)22(32,33)23(34,35)36/h4-7,13,15H,8H2,1-3H3. The van der Waals surface area contributed by atoms with Gasteiger partial charge in [0.15, 0.2) is 6.61 Å². The Balaban J connectivity index is 2.57. The number of carbonyl (C=O) groups excluding carboxylic acids is 2. The molecule has 1 aromatic rings. The molecule has 0 N–H and O–H groups in total. The molecule has 8 nitrogen and oxygen atoms in total. The van der Waals surface area contributed by atoms with Gasteiger partial charge in [0.25, 0.3) is 5.69 Å². The molecule has 0 saturated carbocycles. The number of halogens is 13. The lowest BCUT2D eigenvalue weighted by Crippen LogP contribution is -2.70. The molecule has 44 heavy (non-hydrogen) atoms. The van der Waals surface area contributed by atoms with Gasteiger partial charge >= 0.3 is 47.7 Å². The van der Waals surface area contributed by atoms with Crippen molar-refractivity contribution in [2.75, 3.05) is 13.7 Å². The minimum Gasteiger partial charge on any atom is -0.468 e. The Morgan fingerprint density at radius 2 is 1.41 bits per heavy atom. The van der Waals surface area contributed by atoms with Crippen LogP contribution in [0.2, 0.25) is 0 Å². The minimum absolute atomic E-state index is 0.147. The quantitative estimate of drug-likeness (QED) is 0.122. The van der Waals surface area contributed by atoms with E-state index in [4.69, 9.17) is 0 Å². The fourth-order valence-corrected chi connectivity index (χ4v) is 4.05. The number of nitro groups is 1. The van der Waals surface area contributed by atoms with Crippen molar-refractivity contribution in [2.24, 2.45) is 10.9 Å². The summed E-state index contributed by atoms with van der Waals surface area (Å²) in [5.74, 6) is -45.4. The Labute approximate surface area is 236 Å². The first-order valence-electron chi connectivity index (χ1n) is 11.4. The molecule has 2 atom stereocenters. The van der Waals surface area contributed by atoms with Gasteiger partial charge in [0, 0.05) is 29.5 Å². The van der Waals surface area contributed by atoms with Gasteiger partial charge in [0.2, 0.25) is 0 Å². The van der Waals surface area contributed by atoms with Crippen LogP contribution in [-0.2, 0) is 19.1 Å². The van der Waals surface area contributed by atoms with Gasteiger partial charge in [-0.25, -0.2) is 4.79 Å². The second kappa shape index (κ2) is 11.5. The number of nitro benzene ring substituents is 1. The van der Waals surface area contributed by atoms with Crippen molar-refractivity contribution in [1.29, 1.82) is 0 Å². The van der Waals surface area contributed by atoms with Crippen LogP contribution < -0.4 is 0 Å². The summed E-state index contributed by atoms with van der Waals surface area (Å²) in [6.45, 7) is -1.16. The molecule has 1 aromatic carbocycles. The summed E-state index contributed by atoms with van der Waals surface area (Å²) in [5, 5.41) is 11.2. The lowest BCUT2D eigenvalue weighted by atomic mass is 9.75. The number of aliphatic imine (C=N–C) groups is 1. The van der Waals surface area contributed by atoms with E-state index in [0.717, 1.165) is 38.3 Å². The first-order valence-corrected chi connectivity index (χ1v) is 11.4. The van der Waals surface area contributed by atoms with Gasteiger partial charge in [-0.3, -0.25) is 19.9 Å². The molecule has 2 unspecified atom stereocenters. The molecule has 1 aliphatic heterocycles. The van der Waals surface area contributed by atoms with Gasteiger partial charge in [-0.05, 0) is 19.4 Å². The van der Waals surface area contributed by atoms with Crippen molar-refractivity contribution < 1.29 is 81.1 Å². The zero-order chi connectivity index (χ0) is 34.4. The van der Waals surface area contributed by atoms with Crippen LogP contribution in [0, 0.1) is 16.0 Å². The number of esters is 2. The monoisotopic (exact) mass is 664 g/mol. The molecule has 0 aliphatic carbocycles. The van der Waals surface area contributed by atoms with Crippen LogP contribution in [0.5, 0.6) is 0 Å². The molecule has 0 radical (unpaired) electrons. The van der Waals surface area contributed by atoms with Gasteiger partial charge in [-0.2, -0.15) is 57.1 Å². The molecular weight excluding hydrogens is 647 g/mol. The number of alkyl halides is 13. The topological polar surface area (TPSA) is 108 Å². The highest BCUT2D eigenvalue weighted by Crippen LogP contribution is 2.60. The molecule has 246 valence electrons. The molecule has 0 fully saturated rings. The largest absolute Gasteiger partial charge is 0.468 e. The molecule has 1 aliphatic rings. The van der Waals surface area contributed by atoms with E-state index in [0.29, 0.717) is 0 Å². The Bertz CT molecular complexity index is 1390. The zero-order valence-corrected chi connectivity index (χ0v) is 21.9. The number of rotatable bonds is 10. The highest BCUT2D eigenvalue weighted by Gasteiger charge is 2.90. The molecule has 0 bridgehead atoms. The summed E-state index contributed by atoms with van der Waals surface area (Å²) in [6.07, 6.45) is -7.60. The molecule has 0 amide bonds. The van der Waals surface area contributed by atoms with Crippen LogP contribution in [0.4, 0.5) is 62.8 Å². The predicted molar refractivity (Wildman–Crippen MR) is 119 cm³/mol. The molecule has 0 aromatic heterocycles. The number of ether oxygens (including phenoxy) is 2. The minimum atomic E-state index is -8.15. The van der Waals surface area contributed by atoms with E-state index in [1.807, 2.05) is 0 Å². The first-order chi connectivity index (χ1) is 19.7. The van der Waals surface area contributed by atoms with Crippen molar-refractivity contribution in [3.8, 4) is 0 Å². The van der Waals surface area contributed by atoms with E-state index >= 15 is 0 Å². The normalized spacial score (nSPS) is 19.0. The molecule has 0 saturated heterocycles. The van der Waals surface area contributed by atoms with E-state index in [9.17, 15) is 76.8 Å². The molecule has 21 heteroatoms. The van der Waals surface area contributed by atoms with E-state index in [1.54, 1.807) is 0 Å². The number of methoxy groups -OCH3 is 1. The van der Waals surface area contributed by atoms with Gasteiger partial charge in [-0.1, -0.05) is 12.1 Å². The number of carbonyl (C=O) groups is 2. The Morgan fingerprint density at radius 1 is 0.886 bits per heavy atom. The fraction of sp³-hybridized carbons (Fsp3) is 0.522. The van der Waals surface area contributed by atoms with Crippen LogP contribution in [0.1, 0.15) is 25.3 Å². The summed E-state index contributed by atoms with van der Waals surface area (Å²) >= 11 is 0. The zero-order valence-electron chi connectivity index (χ0n) is 21.9. The van der Waals surface area contributed by atoms with Crippen molar-refractivity contribution in [3.63, 3.8) is 0 Å². The van der Waals surface area contributed by atoms with Gasteiger partial charge in [0.05, 0.1) is 17.6 Å². The average molecular weight is 664 g/mol. The highest BCUT2D eigenvalue weighted by atomic mass is 19.4. The third kappa shape index (κ3) is 5.78. The summed E-state index contributed by atoms with van der Waals surface area (Å²) < 4.78 is 183. The van der Waals surface area contributed by atoms with Gasteiger partial charge in [-0.15, -0.1) is 0 Å². The number of hydrogen-bond acceptors (Lipinski definition) is 7. The van der Waals surface area contributed by atoms with Gasteiger partial charge in [0.1, 0.15) is 5.92 Å². The van der Waals surface area contributed by atoms with Crippen molar-refractivity contribution >= 4 is 23.3 Å². The number of benzene rings is 1. The number of hydrogen-bond donors (Lipinski definition) is 0. The van der Waals surface area contributed by atoms with Crippen LogP contribution >= 0.6 is 0 Å². The maximum atomic E-state index is 14.3. The lowest BCUT2D eigenvalue weighted by Gasteiger charge is -2.39. The van der Waals surface area contributed by atoms with Crippen molar-refractivity contribution in [2.45, 2.75) is 55.6 Å². The summed E-state index contributed by atoms with van der Waals surface area (Å²) in [6, 6.07) is 3.83. The maximum absolute atomic E-state index is 14.3. The van der Waals surface area contributed by atoms with E-state index in [-0.39, 0.29) is 11.3 Å². The second-order valence-corrected chi connectivity index (χ2v) is 9.16. The number of nitrogens with zero attached hydrogens (tertiary/aromatic N) is 2. The van der Waals surface area contributed by atoms with Crippen LogP contribution in [0.25, 0.3) is 0 Å². The summed E-state index contributed by atoms with van der Waals surface area (Å²) in [5.41, 5.74) is -2.59. The predicted octanol–water partition coefficient (Wildman–Crippen LogP) is 6.50. The maximum Gasteiger partial charge on any atom is 0.460 e.